The summed E-state index contributed by atoms with van der Waals surface area (Å²) in [5.41, 5.74) is 0.911. The van der Waals surface area contributed by atoms with Gasteiger partial charge in [-0.2, -0.15) is 5.26 Å². The van der Waals surface area contributed by atoms with Gasteiger partial charge in [0.1, 0.15) is 17.5 Å². The molecule has 0 bridgehead atoms. The van der Waals surface area contributed by atoms with Crippen LogP contribution in [0.15, 0.2) is 18.2 Å². The van der Waals surface area contributed by atoms with Crippen molar-refractivity contribution in [3.63, 3.8) is 0 Å². The predicted octanol–water partition coefficient (Wildman–Crippen LogP) is 1.36. The van der Waals surface area contributed by atoms with E-state index in [-0.39, 0.29) is 29.7 Å². The van der Waals surface area contributed by atoms with Gasteiger partial charge in [0.05, 0.1) is 19.2 Å². The number of methoxy groups -OCH3 is 1. The predicted molar refractivity (Wildman–Crippen MR) is 84.2 cm³/mol. The Morgan fingerprint density at radius 2 is 2.35 bits per heavy atom. The number of nitriles is 1. The molecule has 0 aliphatic carbocycles. The van der Waals surface area contributed by atoms with E-state index >= 15 is 0 Å². The minimum atomic E-state index is -0.293. The number of phenols is 1. The molecule has 23 heavy (non-hydrogen) atoms. The van der Waals surface area contributed by atoms with E-state index in [1.54, 1.807) is 30.2 Å². The molecule has 0 saturated carbocycles. The molecule has 0 aromatic heterocycles. The molecule has 2 aliphatic heterocycles. The lowest BCUT2D eigenvalue weighted by Crippen LogP contribution is -2.45. The number of nitrogens with zero attached hydrogens (tertiary/aromatic N) is 2. The Hall–Kier alpha value is -2.26. The summed E-state index contributed by atoms with van der Waals surface area (Å²) in [6.07, 6.45) is 2.30. The summed E-state index contributed by atoms with van der Waals surface area (Å²) < 4.78 is 5.37. The van der Waals surface area contributed by atoms with E-state index in [2.05, 4.69) is 11.4 Å². The molecule has 1 aromatic carbocycles. The van der Waals surface area contributed by atoms with Gasteiger partial charge in [0.15, 0.2) is 0 Å². The van der Waals surface area contributed by atoms with Crippen molar-refractivity contribution in [1.82, 2.24) is 10.2 Å². The van der Waals surface area contributed by atoms with Crippen LogP contribution in [0.4, 0.5) is 0 Å². The monoisotopic (exact) mass is 315 g/mol. The smallest absolute Gasteiger partial charge is 0.240 e. The molecule has 2 N–H and O–H groups in total. The van der Waals surface area contributed by atoms with Crippen LogP contribution < -0.4 is 10.1 Å². The number of benzene rings is 1. The van der Waals surface area contributed by atoms with Crippen LogP contribution in [0.2, 0.25) is 0 Å². The molecule has 0 spiro atoms. The van der Waals surface area contributed by atoms with Crippen molar-refractivity contribution >= 4 is 5.91 Å². The zero-order valence-corrected chi connectivity index (χ0v) is 13.2. The standard InChI is InChI=1S/C17H21N3O3/c1-23-16-5-4-13(21)8-14(16)11-7-15(19-10-11)17(22)20-6-2-3-12(20)9-18/h4-5,8,11-12,15,19,21H,2-3,6-7,10H2,1H3/t11-,12-,15-/m0/s1. The molecule has 2 heterocycles. The number of phenolic OH excluding ortho intramolecular Hbond substituents is 1. The third kappa shape index (κ3) is 2.97. The van der Waals surface area contributed by atoms with E-state index in [0.29, 0.717) is 19.5 Å². The number of likely N-dealkylation sites (tertiary alicyclic amines) is 1. The van der Waals surface area contributed by atoms with Crippen LogP contribution in [0.1, 0.15) is 30.7 Å². The van der Waals surface area contributed by atoms with Crippen LogP contribution >= 0.6 is 0 Å². The third-order valence-corrected chi connectivity index (χ3v) is 4.77. The van der Waals surface area contributed by atoms with Crippen molar-refractivity contribution in [2.75, 3.05) is 20.2 Å². The van der Waals surface area contributed by atoms with E-state index in [1.165, 1.54) is 0 Å². The number of nitrogens with one attached hydrogen (secondary N) is 1. The van der Waals surface area contributed by atoms with Gasteiger partial charge < -0.3 is 20.1 Å². The minimum absolute atomic E-state index is 0.00988. The second kappa shape index (κ2) is 6.47. The highest BCUT2D eigenvalue weighted by Gasteiger charge is 2.38. The van der Waals surface area contributed by atoms with Crippen molar-refractivity contribution in [2.24, 2.45) is 0 Å². The maximum absolute atomic E-state index is 12.6. The van der Waals surface area contributed by atoms with Crippen LogP contribution in [0.25, 0.3) is 0 Å². The van der Waals surface area contributed by atoms with Crippen molar-refractivity contribution in [2.45, 2.75) is 37.3 Å². The topological polar surface area (TPSA) is 85.6 Å². The van der Waals surface area contributed by atoms with E-state index in [4.69, 9.17) is 10.00 Å². The first-order chi connectivity index (χ1) is 11.1. The molecule has 1 aromatic rings. The second-order valence-corrected chi connectivity index (χ2v) is 6.14. The number of hydrogen-bond donors (Lipinski definition) is 2. The summed E-state index contributed by atoms with van der Waals surface area (Å²) in [6.45, 7) is 1.32. The SMILES string of the molecule is COc1ccc(O)cc1[C@@H]1CN[C@H](C(=O)N2CCC[C@H]2C#N)C1. The molecule has 1 amide bonds. The molecular weight excluding hydrogens is 294 g/mol. The molecule has 3 atom stereocenters. The fourth-order valence-electron chi connectivity index (χ4n) is 3.57. The average Bonchev–Trinajstić information content (AvgIpc) is 3.23. The summed E-state index contributed by atoms with van der Waals surface area (Å²) >= 11 is 0. The second-order valence-electron chi connectivity index (χ2n) is 6.14. The summed E-state index contributed by atoms with van der Waals surface area (Å²) in [6, 6.07) is 6.68. The molecule has 6 heteroatoms. The van der Waals surface area contributed by atoms with Gasteiger partial charge in [-0.25, -0.2) is 0 Å². The average molecular weight is 315 g/mol. The van der Waals surface area contributed by atoms with Gasteiger partial charge in [-0.3, -0.25) is 4.79 Å². The van der Waals surface area contributed by atoms with Crippen LogP contribution in [0, 0.1) is 11.3 Å². The zero-order valence-electron chi connectivity index (χ0n) is 13.2. The number of hydrogen-bond acceptors (Lipinski definition) is 5. The largest absolute Gasteiger partial charge is 0.508 e. The Balaban J connectivity index is 1.73. The van der Waals surface area contributed by atoms with Gasteiger partial charge in [0.25, 0.3) is 0 Å². The molecule has 0 unspecified atom stereocenters. The Bertz CT molecular complexity index is 640. The van der Waals surface area contributed by atoms with Crippen LogP contribution in [0.3, 0.4) is 0 Å². The first kappa shape index (κ1) is 15.6. The maximum Gasteiger partial charge on any atom is 0.240 e. The molecular formula is C17H21N3O3. The van der Waals surface area contributed by atoms with E-state index in [1.807, 2.05) is 0 Å². The van der Waals surface area contributed by atoms with Crippen LogP contribution in [0.5, 0.6) is 11.5 Å². The Kier molecular flexibility index (Phi) is 4.39. The molecule has 122 valence electrons. The van der Waals surface area contributed by atoms with Gasteiger partial charge >= 0.3 is 0 Å². The number of carbonyl (C=O) groups is 1. The number of aromatic hydroxyl groups is 1. The van der Waals surface area contributed by atoms with Gasteiger partial charge in [-0.1, -0.05) is 0 Å². The fourth-order valence-corrected chi connectivity index (χ4v) is 3.57. The quantitative estimate of drug-likeness (QED) is 0.879. The van der Waals surface area contributed by atoms with E-state index in [9.17, 15) is 9.90 Å². The lowest BCUT2D eigenvalue weighted by molar-refractivity contribution is -0.133. The zero-order chi connectivity index (χ0) is 16.4. The Morgan fingerprint density at radius 1 is 1.52 bits per heavy atom. The lowest BCUT2D eigenvalue weighted by atomic mass is 9.94. The first-order valence-corrected chi connectivity index (χ1v) is 7.94. The highest BCUT2D eigenvalue weighted by molar-refractivity contribution is 5.83. The highest BCUT2D eigenvalue weighted by Crippen LogP contribution is 2.35. The number of amides is 1. The Labute approximate surface area is 135 Å². The summed E-state index contributed by atoms with van der Waals surface area (Å²) in [5, 5.41) is 22.1. The normalized spacial score (nSPS) is 27.0. The summed E-state index contributed by atoms with van der Waals surface area (Å²) in [4.78, 5) is 14.3. The van der Waals surface area contributed by atoms with Gasteiger partial charge in [0.2, 0.25) is 5.91 Å². The van der Waals surface area contributed by atoms with Crippen molar-refractivity contribution in [3.8, 4) is 17.6 Å². The molecule has 2 saturated heterocycles. The number of rotatable bonds is 3. The number of ether oxygens (including phenoxy) is 1. The van der Waals surface area contributed by atoms with Crippen molar-refractivity contribution in [3.05, 3.63) is 23.8 Å². The lowest BCUT2D eigenvalue weighted by Gasteiger charge is -2.23. The first-order valence-electron chi connectivity index (χ1n) is 7.94. The molecule has 0 radical (unpaired) electrons. The third-order valence-electron chi connectivity index (χ3n) is 4.77. The summed E-state index contributed by atoms with van der Waals surface area (Å²) in [7, 11) is 1.60. The molecule has 2 aliphatic rings. The molecule has 3 rings (SSSR count). The van der Waals surface area contributed by atoms with Crippen molar-refractivity contribution < 1.29 is 14.6 Å². The van der Waals surface area contributed by atoms with Gasteiger partial charge in [-0.05, 0) is 37.5 Å². The fraction of sp³-hybridized carbons (Fsp3) is 0.529. The number of carbonyl (C=O) groups excluding carboxylic acids is 1. The van der Waals surface area contributed by atoms with Crippen molar-refractivity contribution in [1.29, 1.82) is 5.26 Å². The van der Waals surface area contributed by atoms with Crippen LogP contribution in [-0.4, -0.2) is 48.2 Å². The molecule has 6 nitrogen and oxygen atoms in total. The van der Waals surface area contributed by atoms with E-state index < -0.39 is 0 Å². The highest BCUT2D eigenvalue weighted by atomic mass is 16.5. The minimum Gasteiger partial charge on any atom is -0.508 e. The molecule has 2 fully saturated rings. The Morgan fingerprint density at radius 3 is 3.09 bits per heavy atom. The van der Waals surface area contributed by atoms with Gasteiger partial charge in [-0.15, -0.1) is 0 Å². The maximum atomic E-state index is 12.6. The van der Waals surface area contributed by atoms with E-state index in [0.717, 1.165) is 24.2 Å². The summed E-state index contributed by atoms with van der Waals surface area (Å²) in [5.74, 6) is 1.03. The van der Waals surface area contributed by atoms with Gasteiger partial charge in [0, 0.05) is 24.6 Å². The van der Waals surface area contributed by atoms with Crippen LogP contribution in [-0.2, 0) is 4.79 Å².